The average molecular weight is 280 g/mol. The number of rotatable bonds is 1. The van der Waals surface area contributed by atoms with Crippen LogP contribution in [0.4, 0.5) is 0 Å². The van der Waals surface area contributed by atoms with Gasteiger partial charge in [0.2, 0.25) is 0 Å². The standard InChI is InChI=1S/C15H22ClN3/c1-10-13(16)9-19(18-10)14-7-12(15(2,3)4)6-5-11(14)8-17/h9,11-12,14H,5-7H2,1-4H3. The molecule has 1 saturated carbocycles. The molecule has 1 fully saturated rings. The first-order chi connectivity index (χ1) is 8.82. The highest BCUT2D eigenvalue weighted by Gasteiger charge is 2.37. The van der Waals surface area contributed by atoms with Crippen molar-refractivity contribution in [3.8, 4) is 6.07 Å². The van der Waals surface area contributed by atoms with Crippen LogP contribution < -0.4 is 0 Å². The van der Waals surface area contributed by atoms with Crippen LogP contribution in [0.5, 0.6) is 0 Å². The number of hydrogen-bond acceptors (Lipinski definition) is 2. The lowest BCUT2D eigenvalue weighted by Gasteiger charge is -2.39. The normalized spacial score (nSPS) is 28.1. The van der Waals surface area contributed by atoms with Gasteiger partial charge in [0.1, 0.15) is 0 Å². The molecule has 0 radical (unpaired) electrons. The zero-order valence-electron chi connectivity index (χ0n) is 12.2. The Hall–Kier alpha value is -1.01. The van der Waals surface area contributed by atoms with Gasteiger partial charge in [0.05, 0.1) is 28.7 Å². The van der Waals surface area contributed by atoms with Gasteiger partial charge in [0, 0.05) is 6.20 Å². The molecule has 1 aromatic heterocycles. The number of aromatic nitrogens is 2. The number of hydrogen-bond donors (Lipinski definition) is 0. The van der Waals surface area contributed by atoms with Gasteiger partial charge < -0.3 is 0 Å². The number of aryl methyl sites for hydroxylation is 1. The van der Waals surface area contributed by atoms with Crippen molar-refractivity contribution in [2.45, 2.75) is 53.0 Å². The van der Waals surface area contributed by atoms with Crippen LogP contribution in [-0.4, -0.2) is 9.78 Å². The summed E-state index contributed by atoms with van der Waals surface area (Å²) in [6.45, 7) is 8.75. The summed E-state index contributed by atoms with van der Waals surface area (Å²) in [7, 11) is 0. The third-order valence-electron chi connectivity index (χ3n) is 4.40. The van der Waals surface area contributed by atoms with E-state index >= 15 is 0 Å². The van der Waals surface area contributed by atoms with Crippen molar-refractivity contribution < 1.29 is 0 Å². The first-order valence-corrected chi connectivity index (χ1v) is 7.31. The second-order valence-electron chi connectivity index (χ2n) is 6.72. The van der Waals surface area contributed by atoms with Crippen LogP contribution in [0.2, 0.25) is 5.02 Å². The predicted molar refractivity (Wildman–Crippen MR) is 76.9 cm³/mol. The van der Waals surface area contributed by atoms with Gasteiger partial charge in [-0.15, -0.1) is 0 Å². The molecule has 0 amide bonds. The van der Waals surface area contributed by atoms with Gasteiger partial charge in [-0.05, 0) is 37.5 Å². The molecule has 0 spiro atoms. The minimum Gasteiger partial charge on any atom is -0.267 e. The molecule has 19 heavy (non-hydrogen) atoms. The Kier molecular flexibility index (Phi) is 3.92. The van der Waals surface area contributed by atoms with Gasteiger partial charge in [-0.2, -0.15) is 10.4 Å². The number of nitrogens with zero attached hydrogens (tertiary/aromatic N) is 3. The van der Waals surface area contributed by atoms with Crippen LogP contribution in [0.1, 0.15) is 51.8 Å². The van der Waals surface area contributed by atoms with Gasteiger partial charge in [0.25, 0.3) is 0 Å². The summed E-state index contributed by atoms with van der Waals surface area (Å²) in [6, 6.07) is 2.61. The third kappa shape index (κ3) is 2.95. The summed E-state index contributed by atoms with van der Waals surface area (Å²) >= 11 is 6.10. The summed E-state index contributed by atoms with van der Waals surface area (Å²) < 4.78 is 1.92. The molecule has 1 aliphatic rings. The molecule has 1 aliphatic carbocycles. The van der Waals surface area contributed by atoms with Gasteiger partial charge >= 0.3 is 0 Å². The summed E-state index contributed by atoms with van der Waals surface area (Å²) in [5.41, 5.74) is 1.13. The fourth-order valence-corrected chi connectivity index (χ4v) is 3.14. The van der Waals surface area contributed by atoms with E-state index in [1.54, 1.807) is 0 Å². The van der Waals surface area contributed by atoms with Crippen molar-refractivity contribution in [2.24, 2.45) is 17.3 Å². The lowest BCUT2D eigenvalue weighted by atomic mass is 9.68. The molecule has 0 saturated heterocycles. The van der Waals surface area contributed by atoms with Crippen LogP contribution >= 0.6 is 11.6 Å². The van der Waals surface area contributed by atoms with E-state index in [-0.39, 0.29) is 17.4 Å². The Balaban J connectivity index is 2.26. The first kappa shape index (κ1) is 14.4. The van der Waals surface area contributed by atoms with Crippen molar-refractivity contribution >= 4 is 11.6 Å². The van der Waals surface area contributed by atoms with Gasteiger partial charge in [0.15, 0.2) is 0 Å². The van der Waals surface area contributed by atoms with Crippen LogP contribution in [0.15, 0.2) is 6.20 Å². The summed E-state index contributed by atoms with van der Waals surface area (Å²) in [6.07, 6.45) is 4.97. The maximum absolute atomic E-state index is 9.36. The number of halogens is 1. The molecular formula is C15H22ClN3. The Labute approximate surface area is 120 Å². The summed E-state index contributed by atoms with van der Waals surface area (Å²) in [4.78, 5) is 0. The zero-order valence-corrected chi connectivity index (χ0v) is 12.9. The van der Waals surface area contributed by atoms with Crippen molar-refractivity contribution in [3.63, 3.8) is 0 Å². The highest BCUT2D eigenvalue weighted by molar-refractivity contribution is 6.31. The van der Waals surface area contributed by atoms with E-state index in [9.17, 15) is 5.26 Å². The molecule has 3 nitrogen and oxygen atoms in total. The average Bonchev–Trinajstić information content (AvgIpc) is 2.67. The van der Waals surface area contributed by atoms with E-state index in [0.29, 0.717) is 10.9 Å². The minimum atomic E-state index is 0.0500. The van der Waals surface area contributed by atoms with E-state index < -0.39 is 0 Å². The summed E-state index contributed by atoms with van der Waals surface area (Å²) in [5, 5.41) is 14.5. The van der Waals surface area contributed by atoms with Gasteiger partial charge in [-0.25, -0.2) is 0 Å². The quantitative estimate of drug-likeness (QED) is 0.766. The molecule has 3 atom stereocenters. The molecular weight excluding hydrogens is 258 g/mol. The largest absolute Gasteiger partial charge is 0.267 e. The molecule has 4 heteroatoms. The maximum atomic E-state index is 9.36. The van der Waals surface area contributed by atoms with E-state index in [1.165, 1.54) is 0 Å². The van der Waals surface area contributed by atoms with E-state index in [1.807, 2.05) is 17.8 Å². The maximum Gasteiger partial charge on any atom is 0.0815 e. The molecule has 0 aromatic carbocycles. The highest BCUT2D eigenvalue weighted by atomic mass is 35.5. The molecule has 0 aliphatic heterocycles. The third-order valence-corrected chi connectivity index (χ3v) is 4.77. The Morgan fingerprint density at radius 2 is 2.11 bits per heavy atom. The van der Waals surface area contributed by atoms with Crippen molar-refractivity contribution in [1.82, 2.24) is 9.78 Å². The van der Waals surface area contributed by atoms with Crippen molar-refractivity contribution in [1.29, 1.82) is 5.26 Å². The summed E-state index contributed by atoms with van der Waals surface area (Å²) in [5.74, 6) is 0.680. The van der Waals surface area contributed by atoms with Gasteiger partial charge in [-0.3, -0.25) is 4.68 Å². The Morgan fingerprint density at radius 3 is 2.58 bits per heavy atom. The second kappa shape index (κ2) is 5.17. The molecule has 1 aromatic rings. The lowest BCUT2D eigenvalue weighted by molar-refractivity contribution is 0.116. The number of nitriles is 1. The molecule has 0 N–H and O–H groups in total. The molecule has 1 heterocycles. The van der Waals surface area contributed by atoms with E-state index in [4.69, 9.17) is 11.6 Å². The predicted octanol–water partition coefficient (Wildman–Crippen LogP) is 4.37. The Bertz CT molecular complexity index is 473. The fourth-order valence-electron chi connectivity index (χ4n) is 3.01. The van der Waals surface area contributed by atoms with Crippen molar-refractivity contribution in [2.75, 3.05) is 0 Å². The molecule has 104 valence electrons. The molecule has 2 rings (SSSR count). The SMILES string of the molecule is Cc1nn(C2CC(C(C)(C)C)CCC2C#N)cc1Cl. The smallest absolute Gasteiger partial charge is 0.0815 e. The molecule has 0 bridgehead atoms. The topological polar surface area (TPSA) is 41.6 Å². The Morgan fingerprint density at radius 1 is 1.42 bits per heavy atom. The van der Waals surface area contributed by atoms with E-state index in [2.05, 4.69) is 31.9 Å². The fraction of sp³-hybridized carbons (Fsp3) is 0.733. The van der Waals surface area contributed by atoms with Crippen LogP contribution in [-0.2, 0) is 0 Å². The highest BCUT2D eigenvalue weighted by Crippen LogP contribution is 2.44. The minimum absolute atomic E-state index is 0.0500. The van der Waals surface area contributed by atoms with Gasteiger partial charge in [-0.1, -0.05) is 32.4 Å². The van der Waals surface area contributed by atoms with Crippen LogP contribution in [0, 0.1) is 35.5 Å². The van der Waals surface area contributed by atoms with Crippen LogP contribution in [0.25, 0.3) is 0 Å². The lowest BCUT2D eigenvalue weighted by Crippen LogP contribution is -2.33. The first-order valence-electron chi connectivity index (χ1n) is 6.93. The van der Waals surface area contributed by atoms with E-state index in [0.717, 1.165) is 25.0 Å². The second-order valence-corrected chi connectivity index (χ2v) is 7.13. The zero-order chi connectivity index (χ0) is 14.2. The van der Waals surface area contributed by atoms with Crippen molar-refractivity contribution in [3.05, 3.63) is 16.9 Å². The van der Waals surface area contributed by atoms with Crippen LogP contribution in [0.3, 0.4) is 0 Å². The molecule has 3 unspecified atom stereocenters. The monoisotopic (exact) mass is 279 g/mol.